The fourth-order valence-electron chi connectivity index (χ4n) is 1.67. The molecule has 0 heterocycles. The third-order valence-corrected chi connectivity index (χ3v) is 2.96. The van der Waals surface area contributed by atoms with Crippen molar-refractivity contribution in [3.8, 4) is 11.5 Å². The molecule has 5 heteroatoms. The molecule has 0 saturated heterocycles. The summed E-state index contributed by atoms with van der Waals surface area (Å²) in [5.74, 6) is 0.416. The first-order valence-corrected chi connectivity index (χ1v) is 6.22. The minimum Gasteiger partial charge on any atom is -0.493 e. The van der Waals surface area contributed by atoms with E-state index in [4.69, 9.17) is 21.1 Å². The standard InChI is InChI=1S/C15H12ClFO3/c1-19-14-5-2-10(8-18)6-15(14)20-9-11-3-4-12(16)7-13(11)17/h2-8H,9H2,1H3. The second kappa shape index (κ2) is 6.39. The minimum absolute atomic E-state index is 0.0155. The number of halogens is 2. The molecule has 0 aliphatic carbocycles. The van der Waals surface area contributed by atoms with E-state index in [2.05, 4.69) is 0 Å². The van der Waals surface area contributed by atoms with Crippen LogP contribution in [-0.4, -0.2) is 13.4 Å². The average Bonchev–Trinajstić information content (AvgIpc) is 2.46. The predicted octanol–water partition coefficient (Wildman–Crippen LogP) is 3.88. The van der Waals surface area contributed by atoms with Crippen LogP contribution in [0.5, 0.6) is 11.5 Å². The first-order valence-electron chi connectivity index (χ1n) is 5.84. The van der Waals surface area contributed by atoms with Crippen molar-refractivity contribution in [3.63, 3.8) is 0 Å². The van der Waals surface area contributed by atoms with Gasteiger partial charge in [-0.2, -0.15) is 0 Å². The van der Waals surface area contributed by atoms with Gasteiger partial charge >= 0.3 is 0 Å². The Morgan fingerprint density at radius 1 is 1.20 bits per heavy atom. The van der Waals surface area contributed by atoms with E-state index in [1.165, 1.54) is 13.2 Å². The second-order valence-electron chi connectivity index (χ2n) is 4.05. The highest BCUT2D eigenvalue weighted by Gasteiger charge is 2.08. The highest BCUT2D eigenvalue weighted by atomic mass is 35.5. The summed E-state index contributed by atoms with van der Waals surface area (Å²) >= 11 is 5.68. The molecule has 0 spiro atoms. The van der Waals surface area contributed by atoms with E-state index in [1.807, 2.05) is 0 Å². The quantitative estimate of drug-likeness (QED) is 0.785. The maximum absolute atomic E-state index is 13.6. The molecule has 0 fully saturated rings. The number of benzene rings is 2. The van der Waals surface area contributed by atoms with Crippen LogP contribution in [0, 0.1) is 5.82 Å². The van der Waals surface area contributed by atoms with Gasteiger partial charge in [0.15, 0.2) is 11.5 Å². The molecule has 0 saturated carbocycles. The van der Waals surface area contributed by atoms with Gasteiger partial charge in [-0.1, -0.05) is 17.7 Å². The fraction of sp³-hybridized carbons (Fsp3) is 0.133. The average molecular weight is 295 g/mol. The SMILES string of the molecule is COc1ccc(C=O)cc1OCc1ccc(Cl)cc1F. The Balaban J connectivity index is 2.19. The van der Waals surface area contributed by atoms with Crippen molar-refractivity contribution in [2.75, 3.05) is 7.11 Å². The van der Waals surface area contributed by atoms with Gasteiger partial charge in [-0.3, -0.25) is 4.79 Å². The molecule has 2 rings (SSSR count). The number of carbonyl (C=O) groups is 1. The molecule has 20 heavy (non-hydrogen) atoms. The Kier molecular flexibility index (Phi) is 4.58. The van der Waals surface area contributed by atoms with Gasteiger partial charge in [0.25, 0.3) is 0 Å². The van der Waals surface area contributed by atoms with Crippen molar-refractivity contribution in [3.05, 3.63) is 58.4 Å². The van der Waals surface area contributed by atoms with E-state index < -0.39 is 5.82 Å². The van der Waals surface area contributed by atoms with Crippen LogP contribution in [0.1, 0.15) is 15.9 Å². The molecule has 0 aromatic heterocycles. The van der Waals surface area contributed by atoms with Crippen molar-refractivity contribution in [2.24, 2.45) is 0 Å². The molecule has 0 amide bonds. The Bertz CT molecular complexity index is 629. The molecule has 0 bridgehead atoms. The lowest BCUT2D eigenvalue weighted by atomic mass is 10.2. The maximum Gasteiger partial charge on any atom is 0.162 e. The second-order valence-corrected chi connectivity index (χ2v) is 4.49. The van der Waals surface area contributed by atoms with Gasteiger partial charge in [0.2, 0.25) is 0 Å². The van der Waals surface area contributed by atoms with Gasteiger partial charge in [0.05, 0.1) is 7.11 Å². The van der Waals surface area contributed by atoms with Gasteiger partial charge in [0, 0.05) is 16.1 Å². The Morgan fingerprint density at radius 2 is 2.00 bits per heavy atom. The molecule has 2 aromatic carbocycles. The van der Waals surface area contributed by atoms with E-state index in [9.17, 15) is 9.18 Å². The lowest BCUT2D eigenvalue weighted by Gasteiger charge is -2.11. The summed E-state index contributed by atoms with van der Waals surface area (Å²) in [6, 6.07) is 9.13. The molecule has 0 aliphatic rings. The number of methoxy groups -OCH3 is 1. The van der Waals surface area contributed by atoms with Gasteiger partial charge in [0.1, 0.15) is 18.7 Å². The zero-order chi connectivity index (χ0) is 14.5. The molecule has 104 valence electrons. The Morgan fingerprint density at radius 3 is 2.65 bits per heavy atom. The molecule has 0 atom stereocenters. The van der Waals surface area contributed by atoms with E-state index in [0.717, 1.165) is 0 Å². The normalized spacial score (nSPS) is 10.2. The topological polar surface area (TPSA) is 35.5 Å². The van der Waals surface area contributed by atoms with Gasteiger partial charge in [-0.15, -0.1) is 0 Å². The first kappa shape index (κ1) is 14.3. The molecule has 0 radical (unpaired) electrons. The van der Waals surface area contributed by atoms with Gasteiger partial charge in [-0.25, -0.2) is 4.39 Å². The minimum atomic E-state index is -0.442. The third-order valence-electron chi connectivity index (χ3n) is 2.72. The van der Waals surface area contributed by atoms with Crippen LogP contribution in [0.25, 0.3) is 0 Å². The van der Waals surface area contributed by atoms with Crippen LogP contribution in [0.2, 0.25) is 5.02 Å². The zero-order valence-corrected chi connectivity index (χ0v) is 11.5. The van der Waals surface area contributed by atoms with Gasteiger partial charge in [-0.05, 0) is 30.3 Å². The monoisotopic (exact) mass is 294 g/mol. The summed E-state index contributed by atoms with van der Waals surface area (Å²) in [4.78, 5) is 10.8. The molecule has 3 nitrogen and oxygen atoms in total. The fourth-order valence-corrected chi connectivity index (χ4v) is 1.83. The highest BCUT2D eigenvalue weighted by molar-refractivity contribution is 6.30. The Labute approximate surface area is 120 Å². The van der Waals surface area contributed by atoms with Crippen molar-refractivity contribution in [1.29, 1.82) is 0 Å². The largest absolute Gasteiger partial charge is 0.493 e. The van der Waals surface area contributed by atoms with Crippen LogP contribution in [0.3, 0.4) is 0 Å². The molecule has 0 aliphatic heterocycles. The van der Waals surface area contributed by atoms with Crippen LogP contribution < -0.4 is 9.47 Å². The highest BCUT2D eigenvalue weighted by Crippen LogP contribution is 2.28. The number of ether oxygens (including phenoxy) is 2. The number of hydrogen-bond donors (Lipinski definition) is 0. The number of aldehydes is 1. The zero-order valence-electron chi connectivity index (χ0n) is 10.7. The van der Waals surface area contributed by atoms with Crippen LogP contribution in [-0.2, 0) is 6.61 Å². The summed E-state index contributed by atoms with van der Waals surface area (Å²) < 4.78 is 24.3. The predicted molar refractivity (Wildman–Crippen MR) is 74.1 cm³/mol. The van der Waals surface area contributed by atoms with Crippen molar-refractivity contribution in [2.45, 2.75) is 6.61 Å². The van der Waals surface area contributed by atoms with Crippen LogP contribution >= 0.6 is 11.6 Å². The van der Waals surface area contributed by atoms with Crippen molar-refractivity contribution in [1.82, 2.24) is 0 Å². The Hall–Kier alpha value is -2.07. The molecular formula is C15H12ClFO3. The number of rotatable bonds is 5. The van der Waals surface area contributed by atoms with E-state index in [0.29, 0.717) is 33.9 Å². The summed E-state index contributed by atoms with van der Waals surface area (Å²) in [5.41, 5.74) is 0.824. The smallest absolute Gasteiger partial charge is 0.162 e. The van der Waals surface area contributed by atoms with Crippen LogP contribution in [0.4, 0.5) is 4.39 Å². The maximum atomic E-state index is 13.6. The van der Waals surface area contributed by atoms with Gasteiger partial charge < -0.3 is 9.47 Å². The summed E-state index contributed by atoms with van der Waals surface area (Å²) in [6.45, 7) is 0.0155. The lowest BCUT2D eigenvalue weighted by molar-refractivity contribution is 0.112. The summed E-state index contributed by atoms with van der Waals surface area (Å²) in [6.07, 6.45) is 0.704. The summed E-state index contributed by atoms with van der Waals surface area (Å²) in [5, 5.41) is 0.326. The number of carbonyl (C=O) groups excluding carboxylic acids is 1. The van der Waals surface area contributed by atoms with E-state index in [1.54, 1.807) is 30.3 Å². The number of hydrogen-bond acceptors (Lipinski definition) is 3. The lowest BCUT2D eigenvalue weighted by Crippen LogP contribution is -2.00. The third kappa shape index (κ3) is 3.27. The van der Waals surface area contributed by atoms with Crippen molar-refractivity contribution < 1.29 is 18.7 Å². The van der Waals surface area contributed by atoms with E-state index >= 15 is 0 Å². The first-order chi connectivity index (χ1) is 9.63. The van der Waals surface area contributed by atoms with Crippen LogP contribution in [0.15, 0.2) is 36.4 Å². The molecule has 0 N–H and O–H groups in total. The van der Waals surface area contributed by atoms with Crippen molar-refractivity contribution >= 4 is 17.9 Å². The molecule has 0 unspecified atom stereocenters. The van der Waals surface area contributed by atoms with E-state index in [-0.39, 0.29) is 6.61 Å². The molecule has 2 aromatic rings. The molecular weight excluding hydrogens is 283 g/mol. The summed E-state index contributed by atoms with van der Waals surface area (Å²) in [7, 11) is 1.49.